The molecule has 0 bridgehead atoms. The molecule has 102 valence electrons. The Balaban J connectivity index is 1.72. The van der Waals surface area contributed by atoms with Gasteiger partial charge >= 0.3 is 0 Å². The average molecular weight is 267 g/mol. The summed E-state index contributed by atoms with van der Waals surface area (Å²) in [6.45, 7) is 1.45. The second kappa shape index (κ2) is 4.69. The molecule has 3 heteroatoms. The van der Waals surface area contributed by atoms with Crippen LogP contribution in [0.3, 0.4) is 0 Å². The average Bonchev–Trinajstić information content (AvgIpc) is 2.96. The summed E-state index contributed by atoms with van der Waals surface area (Å²) in [5.41, 5.74) is 3.73. The molecular formula is C17H17NO2. The van der Waals surface area contributed by atoms with Gasteiger partial charge in [0.05, 0.1) is 18.7 Å². The minimum Gasteiger partial charge on any atom is -0.347 e. The Morgan fingerprint density at radius 1 is 1.05 bits per heavy atom. The molecule has 1 saturated heterocycles. The van der Waals surface area contributed by atoms with Gasteiger partial charge in [-0.1, -0.05) is 24.3 Å². The lowest BCUT2D eigenvalue weighted by Gasteiger charge is -2.31. The van der Waals surface area contributed by atoms with Gasteiger partial charge in [0.2, 0.25) is 0 Å². The first kappa shape index (κ1) is 12.1. The third kappa shape index (κ3) is 1.94. The van der Waals surface area contributed by atoms with Crippen LogP contribution >= 0.6 is 0 Å². The largest absolute Gasteiger partial charge is 0.347 e. The third-order valence-corrected chi connectivity index (χ3v) is 4.24. The number of nitrogens with zero attached hydrogens (tertiary/aromatic N) is 1. The summed E-state index contributed by atoms with van der Waals surface area (Å²) >= 11 is 0. The van der Waals surface area contributed by atoms with Crippen LogP contribution < -0.4 is 0 Å². The topological polar surface area (TPSA) is 31.4 Å². The van der Waals surface area contributed by atoms with Crippen molar-refractivity contribution >= 4 is 16.5 Å². The summed E-state index contributed by atoms with van der Waals surface area (Å²) in [6, 6.07) is 10.4. The van der Waals surface area contributed by atoms with E-state index in [-0.39, 0.29) is 5.79 Å². The van der Waals surface area contributed by atoms with E-state index in [0.717, 1.165) is 38.0 Å². The maximum atomic E-state index is 5.77. The predicted molar refractivity (Wildman–Crippen MR) is 78.2 cm³/mol. The molecule has 20 heavy (non-hydrogen) atoms. The highest BCUT2D eigenvalue weighted by Gasteiger charge is 2.37. The summed E-state index contributed by atoms with van der Waals surface area (Å²) in [5, 5.41) is 1.23. The molecule has 4 rings (SSSR count). The van der Waals surface area contributed by atoms with Crippen molar-refractivity contribution in [1.82, 2.24) is 4.98 Å². The number of fused-ring (bicyclic) bond motifs is 1. The first-order valence-corrected chi connectivity index (χ1v) is 7.17. The molecule has 1 fully saturated rings. The van der Waals surface area contributed by atoms with Crippen LogP contribution in [0.4, 0.5) is 0 Å². The van der Waals surface area contributed by atoms with Crippen molar-refractivity contribution < 1.29 is 9.47 Å². The Morgan fingerprint density at radius 2 is 1.90 bits per heavy atom. The van der Waals surface area contributed by atoms with Crippen LogP contribution in [0.5, 0.6) is 0 Å². The number of pyridine rings is 1. The van der Waals surface area contributed by atoms with Crippen LogP contribution in [-0.2, 0) is 9.47 Å². The number of aromatic nitrogens is 1. The Labute approximate surface area is 118 Å². The van der Waals surface area contributed by atoms with Gasteiger partial charge in [-0.2, -0.15) is 0 Å². The number of benzene rings is 1. The molecule has 2 heterocycles. The van der Waals surface area contributed by atoms with Crippen molar-refractivity contribution in [2.75, 3.05) is 13.2 Å². The molecule has 3 nitrogen and oxygen atoms in total. The van der Waals surface area contributed by atoms with Crippen LogP contribution in [0, 0.1) is 0 Å². The fourth-order valence-electron chi connectivity index (χ4n) is 3.19. The lowest BCUT2D eigenvalue weighted by molar-refractivity contribution is -0.159. The fourth-order valence-corrected chi connectivity index (χ4v) is 3.19. The van der Waals surface area contributed by atoms with Crippen molar-refractivity contribution in [3.63, 3.8) is 0 Å². The highest BCUT2D eigenvalue weighted by Crippen LogP contribution is 2.39. The van der Waals surface area contributed by atoms with Gasteiger partial charge in [-0.3, -0.25) is 4.98 Å². The van der Waals surface area contributed by atoms with E-state index in [2.05, 4.69) is 35.3 Å². The molecule has 2 aromatic rings. The van der Waals surface area contributed by atoms with Gasteiger partial charge in [0.15, 0.2) is 5.79 Å². The molecule has 1 aliphatic carbocycles. The number of ether oxygens (including phenoxy) is 2. The standard InChI is InChI=1S/C17H17NO2/c1-2-4-16-15(3-1)14(7-10-18-16)13-5-8-17(9-6-13)19-11-12-20-17/h1-5,7,10H,6,8-9,11-12H2. The molecule has 1 spiro atoms. The first-order valence-electron chi connectivity index (χ1n) is 7.17. The number of para-hydroxylation sites is 1. The summed E-state index contributed by atoms with van der Waals surface area (Å²) < 4.78 is 11.5. The molecule has 2 aliphatic rings. The minimum atomic E-state index is -0.341. The molecule has 0 amide bonds. The van der Waals surface area contributed by atoms with E-state index < -0.39 is 0 Å². The molecule has 0 saturated carbocycles. The molecule has 0 unspecified atom stereocenters. The van der Waals surface area contributed by atoms with Gasteiger partial charge in [0.25, 0.3) is 0 Å². The van der Waals surface area contributed by atoms with E-state index in [1.54, 1.807) is 0 Å². The van der Waals surface area contributed by atoms with Crippen LogP contribution in [0.2, 0.25) is 0 Å². The molecular weight excluding hydrogens is 250 g/mol. The number of hydrogen-bond acceptors (Lipinski definition) is 3. The minimum absolute atomic E-state index is 0.341. The zero-order valence-electron chi connectivity index (χ0n) is 11.3. The summed E-state index contributed by atoms with van der Waals surface area (Å²) in [5.74, 6) is -0.341. The van der Waals surface area contributed by atoms with Crippen LogP contribution in [0.1, 0.15) is 24.8 Å². The van der Waals surface area contributed by atoms with E-state index in [1.807, 2.05) is 12.3 Å². The first-order chi connectivity index (χ1) is 9.86. The van der Waals surface area contributed by atoms with E-state index in [0.29, 0.717) is 0 Å². The Morgan fingerprint density at radius 3 is 2.70 bits per heavy atom. The molecule has 1 aromatic carbocycles. The Hall–Kier alpha value is -1.71. The molecule has 0 N–H and O–H groups in total. The van der Waals surface area contributed by atoms with Gasteiger partial charge in [-0.25, -0.2) is 0 Å². The van der Waals surface area contributed by atoms with Gasteiger partial charge in [0.1, 0.15) is 0 Å². The predicted octanol–water partition coefficient (Wildman–Crippen LogP) is 3.55. The van der Waals surface area contributed by atoms with Crippen molar-refractivity contribution in [3.05, 3.63) is 48.2 Å². The van der Waals surface area contributed by atoms with Gasteiger partial charge in [-0.15, -0.1) is 0 Å². The third-order valence-electron chi connectivity index (χ3n) is 4.24. The van der Waals surface area contributed by atoms with Crippen molar-refractivity contribution in [2.45, 2.75) is 25.0 Å². The fraction of sp³-hybridized carbons (Fsp3) is 0.353. The van der Waals surface area contributed by atoms with E-state index in [4.69, 9.17) is 9.47 Å². The normalized spacial score (nSPS) is 21.3. The molecule has 0 atom stereocenters. The lowest BCUT2D eigenvalue weighted by atomic mass is 9.88. The van der Waals surface area contributed by atoms with Gasteiger partial charge in [-0.05, 0) is 29.7 Å². The summed E-state index contributed by atoms with van der Waals surface area (Å²) in [4.78, 5) is 4.43. The lowest BCUT2D eigenvalue weighted by Crippen LogP contribution is -2.31. The number of allylic oxidation sites excluding steroid dienone is 1. The second-order valence-corrected chi connectivity index (χ2v) is 5.42. The van der Waals surface area contributed by atoms with Crippen LogP contribution in [0.15, 0.2) is 42.6 Å². The van der Waals surface area contributed by atoms with E-state index in [1.165, 1.54) is 16.5 Å². The highest BCUT2D eigenvalue weighted by atomic mass is 16.7. The Kier molecular flexibility index (Phi) is 2.83. The smallest absolute Gasteiger partial charge is 0.172 e. The van der Waals surface area contributed by atoms with Gasteiger partial charge in [0, 0.05) is 24.4 Å². The van der Waals surface area contributed by atoms with Crippen LogP contribution in [0.25, 0.3) is 16.5 Å². The van der Waals surface area contributed by atoms with Crippen molar-refractivity contribution in [2.24, 2.45) is 0 Å². The second-order valence-electron chi connectivity index (χ2n) is 5.42. The number of hydrogen-bond donors (Lipinski definition) is 0. The summed E-state index contributed by atoms with van der Waals surface area (Å²) in [6.07, 6.45) is 6.95. The number of rotatable bonds is 1. The molecule has 1 aliphatic heterocycles. The SMILES string of the molecule is C1=C(c2ccnc3ccccc23)CCC2(C1)OCCO2. The highest BCUT2D eigenvalue weighted by molar-refractivity contribution is 5.91. The van der Waals surface area contributed by atoms with Crippen LogP contribution in [-0.4, -0.2) is 24.0 Å². The Bertz CT molecular complexity index is 666. The van der Waals surface area contributed by atoms with E-state index >= 15 is 0 Å². The maximum absolute atomic E-state index is 5.77. The zero-order chi connectivity index (χ0) is 13.4. The van der Waals surface area contributed by atoms with E-state index in [9.17, 15) is 0 Å². The molecule has 0 radical (unpaired) electrons. The quantitative estimate of drug-likeness (QED) is 0.792. The zero-order valence-corrected chi connectivity index (χ0v) is 11.3. The monoisotopic (exact) mass is 267 g/mol. The van der Waals surface area contributed by atoms with Crippen molar-refractivity contribution in [1.29, 1.82) is 0 Å². The van der Waals surface area contributed by atoms with Gasteiger partial charge < -0.3 is 9.47 Å². The molecule has 1 aromatic heterocycles. The maximum Gasteiger partial charge on any atom is 0.172 e. The summed E-state index contributed by atoms with van der Waals surface area (Å²) in [7, 11) is 0. The van der Waals surface area contributed by atoms with Crippen molar-refractivity contribution in [3.8, 4) is 0 Å².